The van der Waals surface area contributed by atoms with Crippen LogP contribution in [0.1, 0.15) is 16.4 Å². The SMILES string of the molecule is CN(C(=O)c1cccc(OC(F)(F)F)c1)[C@@H]1OC(CO)[C@H](O)C(n2cc(-c3cccc(F)c3)nn2)C1O. The van der Waals surface area contributed by atoms with Gasteiger partial charge in [0.25, 0.3) is 5.91 Å². The van der Waals surface area contributed by atoms with Crippen LogP contribution >= 0.6 is 0 Å². The maximum atomic E-state index is 13.6. The Balaban J connectivity index is 1.60. The minimum Gasteiger partial charge on any atom is -0.406 e. The lowest BCUT2D eigenvalue weighted by molar-refractivity contribution is -0.274. The molecule has 37 heavy (non-hydrogen) atoms. The molecule has 2 aromatic carbocycles. The fourth-order valence-electron chi connectivity index (χ4n) is 4.06. The molecule has 1 amide bonds. The Morgan fingerprint density at radius 2 is 1.89 bits per heavy atom. The number of carbonyl (C=O) groups excluding carboxylic acids is 1. The number of ether oxygens (including phenoxy) is 2. The van der Waals surface area contributed by atoms with E-state index in [1.54, 1.807) is 6.07 Å². The number of nitrogens with zero attached hydrogens (tertiary/aromatic N) is 4. The topological polar surface area (TPSA) is 130 Å². The number of alkyl halides is 3. The van der Waals surface area contributed by atoms with Crippen LogP contribution < -0.4 is 4.74 Å². The van der Waals surface area contributed by atoms with Crippen LogP contribution in [0.3, 0.4) is 0 Å². The van der Waals surface area contributed by atoms with Gasteiger partial charge in [-0.05, 0) is 30.3 Å². The van der Waals surface area contributed by atoms with E-state index in [1.165, 1.54) is 43.6 Å². The van der Waals surface area contributed by atoms with Gasteiger partial charge in [0.05, 0.1) is 12.8 Å². The van der Waals surface area contributed by atoms with Crippen LogP contribution in [0.15, 0.2) is 54.7 Å². The zero-order valence-electron chi connectivity index (χ0n) is 19.2. The predicted octanol–water partition coefficient (Wildman–Crippen LogP) is 1.74. The van der Waals surface area contributed by atoms with Crippen LogP contribution in [0.4, 0.5) is 17.6 Å². The van der Waals surface area contributed by atoms with Crippen molar-refractivity contribution in [3.63, 3.8) is 0 Å². The number of hydrogen-bond acceptors (Lipinski definition) is 8. The van der Waals surface area contributed by atoms with Gasteiger partial charge < -0.3 is 29.7 Å². The van der Waals surface area contributed by atoms with Crippen LogP contribution in [0, 0.1) is 5.82 Å². The Hall–Kier alpha value is -3.59. The summed E-state index contributed by atoms with van der Waals surface area (Å²) < 4.78 is 61.9. The second-order valence-electron chi connectivity index (χ2n) is 8.31. The number of aliphatic hydroxyl groups excluding tert-OH is 3. The Labute approximate surface area is 207 Å². The van der Waals surface area contributed by atoms with Crippen molar-refractivity contribution >= 4 is 5.91 Å². The summed E-state index contributed by atoms with van der Waals surface area (Å²) in [6, 6.07) is 8.57. The van der Waals surface area contributed by atoms with Gasteiger partial charge in [0, 0.05) is 18.2 Å². The average molecular weight is 526 g/mol. The van der Waals surface area contributed by atoms with Crippen molar-refractivity contribution in [2.45, 2.75) is 36.9 Å². The second kappa shape index (κ2) is 10.4. The van der Waals surface area contributed by atoms with E-state index in [1.807, 2.05) is 0 Å². The summed E-state index contributed by atoms with van der Waals surface area (Å²) in [6.45, 7) is -0.691. The lowest BCUT2D eigenvalue weighted by Gasteiger charge is -2.45. The minimum atomic E-state index is -4.96. The van der Waals surface area contributed by atoms with Gasteiger partial charge in [0.1, 0.15) is 41.6 Å². The van der Waals surface area contributed by atoms with Crippen molar-refractivity contribution < 1.29 is 47.1 Å². The molecule has 10 nitrogen and oxygen atoms in total. The molecule has 0 spiro atoms. The van der Waals surface area contributed by atoms with E-state index < -0.39 is 61.0 Å². The fraction of sp³-hybridized carbons (Fsp3) is 0.348. The van der Waals surface area contributed by atoms with E-state index >= 15 is 0 Å². The molecule has 0 aliphatic carbocycles. The summed E-state index contributed by atoms with van der Waals surface area (Å²) >= 11 is 0. The number of halogens is 4. The van der Waals surface area contributed by atoms with Gasteiger partial charge in [-0.25, -0.2) is 9.07 Å². The standard InChI is InChI=1S/C23H22F4N4O6/c1-30(21(35)13-5-3-7-15(9-13)37-23(25,26)27)22-20(34)18(19(33)17(11-32)36-22)31-10-16(28-29-31)12-4-2-6-14(24)8-12/h2-10,17-20,22,32-34H,11H2,1H3/t17?,18?,19-,20?,22+/m0/s1. The molecule has 5 atom stereocenters. The highest BCUT2D eigenvalue weighted by Crippen LogP contribution is 2.33. The molecule has 2 heterocycles. The molecule has 1 fully saturated rings. The normalized spacial score (nSPS) is 24.1. The van der Waals surface area contributed by atoms with Gasteiger partial charge in [-0.2, -0.15) is 0 Å². The van der Waals surface area contributed by atoms with E-state index in [4.69, 9.17) is 4.74 Å². The fourth-order valence-corrected chi connectivity index (χ4v) is 4.06. The average Bonchev–Trinajstić information content (AvgIpc) is 3.32. The van der Waals surface area contributed by atoms with Gasteiger partial charge in [0.15, 0.2) is 6.23 Å². The third-order valence-electron chi connectivity index (χ3n) is 5.82. The lowest BCUT2D eigenvalue weighted by Crippen LogP contribution is -2.61. The summed E-state index contributed by atoms with van der Waals surface area (Å²) in [5.41, 5.74) is 0.414. The number of likely N-dealkylation sites (N-methyl/N-ethyl adjacent to an activating group) is 1. The van der Waals surface area contributed by atoms with Crippen molar-refractivity contribution in [3.05, 3.63) is 66.1 Å². The van der Waals surface area contributed by atoms with Crippen LogP contribution in [-0.2, 0) is 4.74 Å². The van der Waals surface area contributed by atoms with Crippen LogP contribution in [0.5, 0.6) is 5.75 Å². The number of hydrogen-bond donors (Lipinski definition) is 3. The van der Waals surface area contributed by atoms with E-state index in [2.05, 4.69) is 15.0 Å². The monoisotopic (exact) mass is 526 g/mol. The zero-order chi connectivity index (χ0) is 26.9. The van der Waals surface area contributed by atoms with Crippen LogP contribution in [0.2, 0.25) is 0 Å². The first-order valence-corrected chi connectivity index (χ1v) is 10.9. The van der Waals surface area contributed by atoms with E-state index in [-0.39, 0.29) is 11.3 Å². The molecule has 14 heteroatoms. The first-order chi connectivity index (χ1) is 17.5. The molecule has 0 radical (unpaired) electrons. The van der Waals surface area contributed by atoms with Gasteiger partial charge in [-0.3, -0.25) is 4.79 Å². The van der Waals surface area contributed by atoms with Crippen molar-refractivity contribution in [1.82, 2.24) is 19.9 Å². The van der Waals surface area contributed by atoms with E-state index in [9.17, 15) is 37.7 Å². The summed E-state index contributed by atoms with van der Waals surface area (Å²) in [7, 11) is 1.23. The number of aromatic nitrogens is 3. The quantitative estimate of drug-likeness (QED) is 0.414. The van der Waals surface area contributed by atoms with Gasteiger partial charge in [-0.15, -0.1) is 18.3 Å². The molecule has 3 N–H and O–H groups in total. The molecule has 1 aromatic heterocycles. The Kier molecular flexibility index (Phi) is 7.45. The molecule has 3 aromatic rings. The molecular weight excluding hydrogens is 504 g/mol. The summed E-state index contributed by atoms with van der Waals surface area (Å²) in [5.74, 6) is -1.96. The smallest absolute Gasteiger partial charge is 0.406 e. The van der Waals surface area contributed by atoms with Crippen LogP contribution in [0.25, 0.3) is 11.3 Å². The van der Waals surface area contributed by atoms with Crippen molar-refractivity contribution in [3.8, 4) is 17.0 Å². The third-order valence-corrected chi connectivity index (χ3v) is 5.82. The van der Waals surface area contributed by atoms with E-state index in [0.29, 0.717) is 5.56 Å². The largest absolute Gasteiger partial charge is 0.573 e. The molecule has 0 saturated carbocycles. The summed E-state index contributed by atoms with van der Waals surface area (Å²) in [4.78, 5) is 14.0. The first kappa shape index (κ1) is 26.5. The molecule has 4 rings (SSSR count). The van der Waals surface area contributed by atoms with Gasteiger partial charge >= 0.3 is 6.36 Å². The van der Waals surface area contributed by atoms with Crippen LogP contribution in [-0.4, -0.2) is 85.7 Å². The van der Waals surface area contributed by atoms with E-state index in [0.717, 1.165) is 21.7 Å². The molecule has 1 aliphatic rings. The number of rotatable bonds is 6. The Morgan fingerprint density at radius 1 is 1.16 bits per heavy atom. The summed E-state index contributed by atoms with van der Waals surface area (Å²) in [6.07, 6.45) is -9.45. The highest BCUT2D eigenvalue weighted by atomic mass is 19.4. The molecule has 1 saturated heterocycles. The molecular formula is C23H22F4N4O6. The molecule has 0 bridgehead atoms. The number of aliphatic hydroxyl groups is 3. The molecule has 1 aliphatic heterocycles. The highest BCUT2D eigenvalue weighted by molar-refractivity contribution is 5.94. The Bertz CT molecular complexity index is 1260. The van der Waals surface area contributed by atoms with Crippen molar-refractivity contribution in [1.29, 1.82) is 0 Å². The minimum absolute atomic E-state index is 0.197. The Morgan fingerprint density at radius 3 is 2.57 bits per heavy atom. The second-order valence-corrected chi connectivity index (χ2v) is 8.31. The highest BCUT2D eigenvalue weighted by Gasteiger charge is 2.48. The maximum absolute atomic E-state index is 13.6. The third kappa shape index (κ3) is 5.72. The first-order valence-electron chi connectivity index (χ1n) is 10.9. The zero-order valence-corrected chi connectivity index (χ0v) is 19.2. The lowest BCUT2D eigenvalue weighted by atomic mass is 9.94. The number of benzene rings is 2. The van der Waals surface area contributed by atoms with Gasteiger partial charge in [0.2, 0.25) is 0 Å². The summed E-state index contributed by atoms with van der Waals surface area (Å²) in [5, 5.41) is 39.4. The number of carbonyl (C=O) groups is 1. The van der Waals surface area contributed by atoms with Crippen molar-refractivity contribution in [2.24, 2.45) is 0 Å². The predicted molar refractivity (Wildman–Crippen MR) is 117 cm³/mol. The molecule has 198 valence electrons. The molecule has 3 unspecified atom stereocenters. The maximum Gasteiger partial charge on any atom is 0.573 e. The van der Waals surface area contributed by atoms with Gasteiger partial charge in [-0.1, -0.05) is 23.4 Å². The number of amides is 1. The van der Waals surface area contributed by atoms with Crippen molar-refractivity contribution in [2.75, 3.05) is 13.7 Å².